The predicted molar refractivity (Wildman–Crippen MR) is 70.6 cm³/mol. The molecule has 0 atom stereocenters. The van der Waals surface area contributed by atoms with Crippen LogP contribution in [0, 0.1) is 24.1 Å². The van der Waals surface area contributed by atoms with E-state index in [9.17, 15) is 17.6 Å². The van der Waals surface area contributed by atoms with Crippen molar-refractivity contribution in [3.8, 4) is 6.07 Å². The van der Waals surface area contributed by atoms with Crippen molar-refractivity contribution in [3.05, 3.63) is 58.9 Å². The maximum Gasteiger partial charge on any atom is 0.416 e. The van der Waals surface area contributed by atoms with Crippen LogP contribution in [0.4, 0.5) is 28.9 Å². The van der Waals surface area contributed by atoms with Gasteiger partial charge in [0.1, 0.15) is 5.82 Å². The SMILES string of the molecule is Cc1ccc(C(F)(F)F)cc1Nc1cc(F)cc(C#N)c1. The largest absolute Gasteiger partial charge is 0.416 e. The Labute approximate surface area is 118 Å². The van der Waals surface area contributed by atoms with Gasteiger partial charge in [0, 0.05) is 11.4 Å². The molecule has 0 saturated heterocycles. The van der Waals surface area contributed by atoms with Gasteiger partial charge in [-0.1, -0.05) is 6.07 Å². The second kappa shape index (κ2) is 5.44. The van der Waals surface area contributed by atoms with Gasteiger partial charge in [-0.05, 0) is 42.8 Å². The summed E-state index contributed by atoms with van der Waals surface area (Å²) < 4.78 is 51.4. The molecule has 0 bridgehead atoms. The fourth-order valence-corrected chi connectivity index (χ4v) is 1.81. The first kappa shape index (κ1) is 14.9. The van der Waals surface area contributed by atoms with Gasteiger partial charge >= 0.3 is 6.18 Å². The second-order valence-electron chi connectivity index (χ2n) is 4.49. The Balaban J connectivity index is 2.40. The van der Waals surface area contributed by atoms with E-state index in [0.29, 0.717) is 5.56 Å². The Morgan fingerprint density at radius 2 is 1.81 bits per heavy atom. The highest BCUT2D eigenvalue weighted by atomic mass is 19.4. The number of hydrogen-bond donors (Lipinski definition) is 1. The monoisotopic (exact) mass is 294 g/mol. The van der Waals surface area contributed by atoms with E-state index >= 15 is 0 Å². The molecule has 0 fully saturated rings. The molecule has 0 aliphatic heterocycles. The van der Waals surface area contributed by atoms with Crippen molar-refractivity contribution in [2.45, 2.75) is 13.1 Å². The Morgan fingerprint density at radius 1 is 1.10 bits per heavy atom. The first-order valence-electron chi connectivity index (χ1n) is 5.95. The lowest BCUT2D eigenvalue weighted by molar-refractivity contribution is -0.137. The van der Waals surface area contributed by atoms with Crippen LogP contribution < -0.4 is 5.32 Å². The van der Waals surface area contributed by atoms with E-state index in [1.807, 2.05) is 0 Å². The van der Waals surface area contributed by atoms with Crippen molar-refractivity contribution in [3.63, 3.8) is 0 Å². The number of benzene rings is 2. The standard InChI is InChI=1S/C15H10F4N2/c1-9-2-3-11(15(17,18)19)6-14(9)21-13-5-10(8-20)4-12(16)7-13/h2-7,21H,1H3. The summed E-state index contributed by atoms with van der Waals surface area (Å²) >= 11 is 0. The summed E-state index contributed by atoms with van der Waals surface area (Å²) in [6.07, 6.45) is -4.45. The number of hydrogen-bond acceptors (Lipinski definition) is 2. The zero-order valence-corrected chi connectivity index (χ0v) is 10.9. The van der Waals surface area contributed by atoms with Crippen molar-refractivity contribution in [1.29, 1.82) is 5.26 Å². The third-order valence-electron chi connectivity index (χ3n) is 2.87. The highest BCUT2D eigenvalue weighted by molar-refractivity contribution is 5.65. The smallest absolute Gasteiger partial charge is 0.355 e. The van der Waals surface area contributed by atoms with Gasteiger partial charge in [-0.15, -0.1) is 0 Å². The van der Waals surface area contributed by atoms with Gasteiger partial charge < -0.3 is 5.32 Å². The lowest BCUT2D eigenvalue weighted by Crippen LogP contribution is -2.06. The topological polar surface area (TPSA) is 35.8 Å². The highest BCUT2D eigenvalue weighted by Crippen LogP contribution is 2.33. The fourth-order valence-electron chi connectivity index (χ4n) is 1.81. The molecule has 0 aliphatic rings. The molecule has 0 spiro atoms. The van der Waals surface area contributed by atoms with Crippen LogP contribution in [0.5, 0.6) is 0 Å². The zero-order valence-electron chi connectivity index (χ0n) is 10.9. The van der Waals surface area contributed by atoms with Crippen LogP contribution in [-0.4, -0.2) is 0 Å². The molecule has 21 heavy (non-hydrogen) atoms. The van der Waals surface area contributed by atoms with Crippen molar-refractivity contribution in [2.24, 2.45) is 0 Å². The number of aryl methyl sites for hydroxylation is 1. The normalized spacial score (nSPS) is 11.0. The van der Waals surface area contributed by atoms with Crippen LogP contribution in [0.2, 0.25) is 0 Å². The third-order valence-corrected chi connectivity index (χ3v) is 2.87. The van der Waals surface area contributed by atoms with Gasteiger partial charge in [-0.2, -0.15) is 18.4 Å². The molecule has 2 aromatic rings. The summed E-state index contributed by atoms with van der Waals surface area (Å²) in [4.78, 5) is 0. The number of anilines is 2. The molecular formula is C15H10F4N2. The molecule has 6 heteroatoms. The third kappa shape index (κ3) is 3.51. The first-order valence-corrected chi connectivity index (χ1v) is 5.95. The summed E-state index contributed by atoms with van der Waals surface area (Å²) in [5.41, 5.74) is 0.286. The molecule has 0 saturated carbocycles. The quantitative estimate of drug-likeness (QED) is 0.810. The summed E-state index contributed by atoms with van der Waals surface area (Å²) in [5.74, 6) is -0.638. The van der Waals surface area contributed by atoms with Gasteiger partial charge in [-0.3, -0.25) is 0 Å². The van der Waals surface area contributed by atoms with Crippen LogP contribution in [-0.2, 0) is 6.18 Å². The molecule has 0 unspecified atom stereocenters. The molecule has 2 nitrogen and oxygen atoms in total. The Bertz CT molecular complexity index is 715. The van der Waals surface area contributed by atoms with E-state index < -0.39 is 17.6 Å². The van der Waals surface area contributed by atoms with Crippen molar-refractivity contribution in [1.82, 2.24) is 0 Å². The minimum absolute atomic E-state index is 0.0853. The fraction of sp³-hybridized carbons (Fsp3) is 0.133. The Morgan fingerprint density at radius 3 is 2.43 bits per heavy atom. The summed E-state index contributed by atoms with van der Waals surface area (Å²) in [6.45, 7) is 1.63. The maximum absolute atomic E-state index is 13.3. The molecule has 0 aliphatic carbocycles. The van der Waals surface area contributed by atoms with E-state index in [0.717, 1.165) is 24.3 Å². The molecule has 0 radical (unpaired) electrons. The molecular weight excluding hydrogens is 284 g/mol. The lowest BCUT2D eigenvalue weighted by Gasteiger charge is -2.13. The molecule has 2 rings (SSSR count). The van der Waals surface area contributed by atoms with Gasteiger partial charge in [0.05, 0.1) is 17.2 Å². The van der Waals surface area contributed by atoms with Crippen molar-refractivity contribution < 1.29 is 17.6 Å². The maximum atomic E-state index is 13.3. The van der Waals surface area contributed by atoms with Gasteiger partial charge in [0.2, 0.25) is 0 Å². The number of nitrogens with zero attached hydrogens (tertiary/aromatic N) is 1. The average molecular weight is 294 g/mol. The molecule has 108 valence electrons. The van der Waals surface area contributed by atoms with E-state index in [1.165, 1.54) is 12.1 Å². The Kier molecular flexibility index (Phi) is 3.85. The van der Waals surface area contributed by atoms with E-state index in [-0.39, 0.29) is 16.9 Å². The van der Waals surface area contributed by atoms with Crippen LogP contribution in [0.3, 0.4) is 0 Å². The van der Waals surface area contributed by atoms with Crippen LogP contribution >= 0.6 is 0 Å². The average Bonchev–Trinajstić information content (AvgIpc) is 2.39. The second-order valence-corrected chi connectivity index (χ2v) is 4.49. The van der Waals surface area contributed by atoms with Crippen molar-refractivity contribution in [2.75, 3.05) is 5.32 Å². The summed E-state index contributed by atoms with van der Waals surface area (Å²) in [5, 5.41) is 11.5. The number of nitrogens with one attached hydrogen (secondary N) is 1. The zero-order chi connectivity index (χ0) is 15.6. The minimum atomic E-state index is -4.45. The number of rotatable bonds is 2. The molecule has 0 heterocycles. The number of halogens is 4. The van der Waals surface area contributed by atoms with E-state index in [4.69, 9.17) is 5.26 Å². The van der Waals surface area contributed by atoms with Crippen LogP contribution in [0.25, 0.3) is 0 Å². The molecule has 2 aromatic carbocycles. The lowest BCUT2D eigenvalue weighted by atomic mass is 10.1. The number of alkyl halides is 3. The minimum Gasteiger partial charge on any atom is -0.355 e. The van der Waals surface area contributed by atoms with Gasteiger partial charge in [0.15, 0.2) is 0 Å². The number of nitriles is 1. The molecule has 1 N–H and O–H groups in total. The summed E-state index contributed by atoms with van der Waals surface area (Å²) in [7, 11) is 0. The molecule has 0 amide bonds. The van der Waals surface area contributed by atoms with Gasteiger partial charge in [-0.25, -0.2) is 4.39 Å². The van der Waals surface area contributed by atoms with Crippen LogP contribution in [0.15, 0.2) is 36.4 Å². The summed E-state index contributed by atoms with van der Waals surface area (Å²) in [6, 6.07) is 8.56. The first-order chi connectivity index (χ1) is 9.79. The molecule has 0 aromatic heterocycles. The van der Waals surface area contributed by atoms with Crippen LogP contribution in [0.1, 0.15) is 16.7 Å². The van der Waals surface area contributed by atoms with E-state index in [2.05, 4.69) is 5.32 Å². The van der Waals surface area contributed by atoms with Crippen molar-refractivity contribution >= 4 is 11.4 Å². The Hall–Kier alpha value is -2.55. The highest BCUT2D eigenvalue weighted by Gasteiger charge is 2.30. The predicted octanol–water partition coefficient (Wildman–Crippen LogP) is 4.77. The van der Waals surface area contributed by atoms with Gasteiger partial charge in [0.25, 0.3) is 0 Å². The van der Waals surface area contributed by atoms with E-state index in [1.54, 1.807) is 13.0 Å².